The number of thiocarbonyl (C=S) groups is 1. The van der Waals surface area contributed by atoms with Crippen molar-refractivity contribution in [1.82, 2.24) is 10.2 Å². The molecule has 0 aliphatic heterocycles. The monoisotopic (exact) mass is 293 g/mol. The van der Waals surface area contributed by atoms with Crippen LogP contribution in [-0.2, 0) is 4.79 Å². The van der Waals surface area contributed by atoms with Crippen LogP contribution in [0.25, 0.3) is 0 Å². The van der Waals surface area contributed by atoms with Gasteiger partial charge in [-0.05, 0) is 12.1 Å². The van der Waals surface area contributed by atoms with Gasteiger partial charge in [0.05, 0.1) is 5.92 Å². The maximum absolute atomic E-state index is 12.3. The van der Waals surface area contributed by atoms with Crippen LogP contribution in [0.4, 0.5) is 0 Å². The number of hydrogen-bond donors (Lipinski definition) is 2. The minimum absolute atomic E-state index is 0.0958. The van der Waals surface area contributed by atoms with Crippen molar-refractivity contribution in [3.63, 3.8) is 0 Å². The average molecular weight is 293 g/mol. The van der Waals surface area contributed by atoms with Gasteiger partial charge in [0.15, 0.2) is 0 Å². The van der Waals surface area contributed by atoms with Gasteiger partial charge in [-0.3, -0.25) is 9.59 Å². The molecule has 0 spiro atoms. The van der Waals surface area contributed by atoms with Crippen LogP contribution >= 0.6 is 12.2 Å². The fourth-order valence-electron chi connectivity index (χ4n) is 1.85. The lowest BCUT2D eigenvalue weighted by atomic mass is 10.1. The number of nitrogens with one attached hydrogen (secondary N) is 1. The number of carbonyl (C=O) groups is 2. The summed E-state index contributed by atoms with van der Waals surface area (Å²) >= 11 is 4.89. The summed E-state index contributed by atoms with van der Waals surface area (Å²) in [5, 5.41) is 2.56. The average Bonchev–Trinajstić information content (AvgIpc) is 2.45. The Labute approximate surface area is 124 Å². The first-order valence-electron chi connectivity index (χ1n) is 6.23. The second-order valence-electron chi connectivity index (χ2n) is 4.65. The fourth-order valence-corrected chi connectivity index (χ4v) is 1.98. The molecule has 1 atom stereocenters. The summed E-state index contributed by atoms with van der Waals surface area (Å²) in [5.41, 5.74) is 6.70. The molecule has 0 fully saturated rings. The SMILES string of the molecule is CNC(=O)C(C)CN(C)C(=O)c1cccc(C(N)=S)c1. The smallest absolute Gasteiger partial charge is 0.253 e. The molecular weight excluding hydrogens is 274 g/mol. The van der Waals surface area contributed by atoms with Crippen LogP contribution < -0.4 is 11.1 Å². The molecule has 0 aliphatic carbocycles. The molecule has 20 heavy (non-hydrogen) atoms. The highest BCUT2D eigenvalue weighted by atomic mass is 32.1. The third-order valence-electron chi connectivity index (χ3n) is 2.98. The van der Waals surface area contributed by atoms with Gasteiger partial charge >= 0.3 is 0 Å². The van der Waals surface area contributed by atoms with Gasteiger partial charge in [0, 0.05) is 31.8 Å². The largest absolute Gasteiger partial charge is 0.389 e. The number of rotatable bonds is 5. The van der Waals surface area contributed by atoms with Gasteiger partial charge in [-0.2, -0.15) is 0 Å². The van der Waals surface area contributed by atoms with E-state index in [0.29, 0.717) is 17.7 Å². The molecule has 3 N–H and O–H groups in total. The zero-order valence-electron chi connectivity index (χ0n) is 11.8. The number of amides is 2. The van der Waals surface area contributed by atoms with E-state index in [0.717, 1.165) is 0 Å². The summed E-state index contributed by atoms with van der Waals surface area (Å²) in [7, 11) is 3.24. The molecular formula is C14H19N3O2S. The molecule has 0 aliphatic rings. The van der Waals surface area contributed by atoms with E-state index < -0.39 is 0 Å². The molecule has 1 unspecified atom stereocenters. The summed E-state index contributed by atoms with van der Waals surface area (Å²) in [6.45, 7) is 2.11. The van der Waals surface area contributed by atoms with Crippen LogP contribution in [0.1, 0.15) is 22.8 Å². The third kappa shape index (κ3) is 4.03. The first-order chi connectivity index (χ1) is 9.36. The molecule has 108 valence electrons. The molecule has 6 heteroatoms. The minimum Gasteiger partial charge on any atom is -0.389 e. The first-order valence-corrected chi connectivity index (χ1v) is 6.64. The normalized spacial score (nSPS) is 11.6. The Morgan fingerprint density at radius 3 is 2.55 bits per heavy atom. The molecule has 0 radical (unpaired) electrons. The number of nitrogens with two attached hydrogens (primary N) is 1. The van der Waals surface area contributed by atoms with Crippen LogP contribution in [0.15, 0.2) is 24.3 Å². The van der Waals surface area contributed by atoms with Gasteiger partial charge in [-0.1, -0.05) is 31.3 Å². The third-order valence-corrected chi connectivity index (χ3v) is 3.22. The van der Waals surface area contributed by atoms with E-state index in [1.807, 2.05) is 0 Å². The molecule has 1 rings (SSSR count). The van der Waals surface area contributed by atoms with Crippen LogP contribution in [0.3, 0.4) is 0 Å². The summed E-state index contributed by atoms with van der Waals surface area (Å²) in [4.78, 5) is 25.5. The highest BCUT2D eigenvalue weighted by Gasteiger charge is 2.18. The second-order valence-corrected chi connectivity index (χ2v) is 5.09. The zero-order valence-corrected chi connectivity index (χ0v) is 12.7. The van der Waals surface area contributed by atoms with Crippen LogP contribution in [-0.4, -0.2) is 42.3 Å². The van der Waals surface area contributed by atoms with Crippen LogP contribution in [0.2, 0.25) is 0 Å². The zero-order chi connectivity index (χ0) is 15.3. The Bertz CT molecular complexity index is 531. The summed E-state index contributed by atoms with van der Waals surface area (Å²) in [6, 6.07) is 6.85. The number of hydrogen-bond acceptors (Lipinski definition) is 3. The van der Waals surface area contributed by atoms with Crippen molar-refractivity contribution >= 4 is 29.0 Å². The molecule has 1 aromatic carbocycles. The van der Waals surface area contributed by atoms with Gasteiger partial charge in [0.1, 0.15) is 4.99 Å². The van der Waals surface area contributed by atoms with Crippen LogP contribution in [0, 0.1) is 5.92 Å². The molecule has 0 saturated heterocycles. The summed E-state index contributed by atoms with van der Waals surface area (Å²) < 4.78 is 0. The number of benzene rings is 1. The van der Waals surface area contributed by atoms with Gasteiger partial charge in [-0.15, -0.1) is 0 Å². The molecule has 0 heterocycles. The van der Waals surface area contributed by atoms with E-state index >= 15 is 0 Å². The van der Waals surface area contributed by atoms with Crippen molar-refractivity contribution in [3.8, 4) is 0 Å². The maximum Gasteiger partial charge on any atom is 0.253 e. The van der Waals surface area contributed by atoms with Crippen molar-refractivity contribution in [1.29, 1.82) is 0 Å². The quantitative estimate of drug-likeness (QED) is 0.787. The predicted molar refractivity (Wildman–Crippen MR) is 82.5 cm³/mol. The van der Waals surface area contributed by atoms with Gasteiger partial charge in [0.25, 0.3) is 5.91 Å². The van der Waals surface area contributed by atoms with Crippen molar-refractivity contribution in [3.05, 3.63) is 35.4 Å². The van der Waals surface area contributed by atoms with Gasteiger partial charge in [0.2, 0.25) is 5.91 Å². The van der Waals surface area contributed by atoms with Crippen molar-refractivity contribution in [2.45, 2.75) is 6.92 Å². The Hall–Kier alpha value is -1.95. The molecule has 0 saturated carbocycles. The predicted octanol–water partition coefficient (Wildman–Crippen LogP) is 0.775. The maximum atomic E-state index is 12.3. The Morgan fingerprint density at radius 1 is 1.40 bits per heavy atom. The lowest BCUT2D eigenvalue weighted by molar-refractivity contribution is -0.124. The topological polar surface area (TPSA) is 75.4 Å². The Balaban J connectivity index is 2.81. The van der Waals surface area contributed by atoms with E-state index in [-0.39, 0.29) is 22.7 Å². The Kier molecular flexibility index (Phi) is 5.64. The van der Waals surface area contributed by atoms with E-state index in [9.17, 15) is 9.59 Å². The highest BCUT2D eigenvalue weighted by molar-refractivity contribution is 7.80. The van der Waals surface area contributed by atoms with Crippen molar-refractivity contribution < 1.29 is 9.59 Å². The summed E-state index contributed by atoms with van der Waals surface area (Å²) in [5.74, 6) is -0.534. The van der Waals surface area contributed by atoms with Crippen molar-refractivity contribution in [2.24, 2.45) is 11.7 Å². The number of carbonyl (C=O) groups excluding carboxylic acids is 2. The highest BCUT2D eigenvalue weighted by Crippen LogP contribution is 2.09. The lowest BCUT2D eigenvalue weighted by Crippen LogP contribution is -2.37. The standard InChI is InChI=1S/C14H19N3O2S/c1-9(13(18)16-2)8-17(3)14(19)11-6-4-5-10(7-11)12(15)20/h4-7,9H,8H2,1-3H3,(H2,15,20)(H,16,18). The van der Waals surface area contributed by atoms with E-state index in [2.05, 4.69) is 5.32 Å². The molecule has 5 nitrogen and oxygen atoms in total. The molecule has 2 amide bonds. The van der Waals surface area contributed by atoms with Crippen molar-refractivity contribution in [2.75, 3.05) is 20.6 Å². The van der Waals surface area contributed by atoms with E-state index in [1.54, 1.807) is 45.3 Å². The molecule has 0 aromatic heterocycles. The minimum atomic E-state index is -0.271. The summed E-state index contributed by atoms with van der Waals surface area (Å²) in [6.07, 6.45) is 0. The fraction of sp³-hybridized carbons (Fsp3) is 0.357. The number of nitrogens with zero attached hydrogens (tertiary/aromatic N) is 1. The second kappa shape index (κ2) is 7.00. The lowest BCUT2D eigenvalue weighted by Gasteiger charge is -2.21. The van der Waals surface area contributed by atoms with E-state index in [4.69, 9.17) is 18.0 Å². The van der Waals surface area contributed by atoms with Gasteiger partial charge < -0.3 is 16.0 Å². The Morgan fingerprint density at radius 2 is 2.00 bits per heavy atom. The molecule has 0 bridgehead atoms. The first kappa shape index (κ1) is 16.1. The van der Waals surface area contributed by atoms with E-state index in [1.165, 1.54) is 4.90 Å². The van der Waals surface area contributed by atoms with Crippen LogP contribution in [0.5, 0.6) is 0 Å². The molecule has 1 aromatic rings. The van der Waals surface area contributed by atoms with Gasteiger partial charge in [-0.25, -0.2) is 0 Å².